The van der Waals surface area contributed by atoms with Crippen LogP contribution in [0.5, 0.6) is 5.75 Å². The van der Waals surface area contributed by atoms with Crippen LogP contribution in [0, 0.1) is 11.8 Å². The lowest BCUT2D eigenvalue weighted by Gasteiger charge is -2.17. The number of benzene rings is 1. The van der Waals surface area contributed by atoms with E-state index in [1.165, 1.54) is 37.9 Å². The predicted octanol–water partition coefficient (Wildman–Crippen LogP) is 2.21. The van der Waals surface area contributed by atoms with Gasteiger partial charge in [0.25, 0.3) is 0 Å². The third kappa shape index (κ3) is 2.12. The van der Waals surface area contributed by atoms with Gasteiger partial charge in [0.05, 0.1) is 5.69 Å². The van der Waals surface area contributed by atoms with Crippen LogP contribution in [0.15, 0.2) is 18.2 Å². The first-order chi connectivity index (χ1) is 8.22. The summed E-state index contributed by atoms with van der Waals surface area (Å²) in [5.74, 6) is 2.06. The van der Waals surface area contributed by atoms with E-state index in [1.807, 2.05) is 12.1 Å². The van der Waals surface area contributed by atoms with Gasteiger partial charge < -0.3 is 10.8 Å². The number of phenolic OH excluding ortho intramolecular Hbond substituents is 1. The van der Waals surface area contributed by atoms with Crippen molar-refractivity contribution in [1.29, 1.82) is 0 Å². The Morgan fingerprint density at radius 1 is 1.24 bits per heavy atom. The molecule has 1 aromatic rings. The highest BCUT2D eigenvalue weighted by atomic mass is 16.3. The Balaban J connectivity index is 1.65. The lowest BCUT2D eigenvalue weighted by molar-refractivity contribution is 0.303. The SMILES string of the molecule is Nc1cc(CN2CC3CCCC3C2)ccc1O. The number of hydrogen-bond acceptors (Lipinski definition) is 3. The highest BCUT2D eigenvalue weighted by Gasteiger charge is 2.35. The van der Waals surface area contributed by atoms with Crippen molar-refractivity contribution >= 4 is 5.69 Å². The molecule has 0 radical (unpaired) electrons. The first kappa shape index (κ1) is 10.9. The summed E-state index contributed by atoms with van der Waals surface area (Å²) >= 11 is 0. The predicted molar refractivity (Wildman–Crippen MR) is 68.6 cm³/mol. The molecule has 2 fully saturated rings. The molecule has 1 aromatic carbocycles. The molecule has 1 heterocycles. The summed E-state index contributed by atoms with van der Waals surface area (Å²) < 4.78 is 0. The minimum atomic E-state index is 0.187. The van der Waals surface area contributed by atoms with E-state index in [4.69, 9.17) is 5.73 Å². The normalized spacial score (nSPS) is 28.5. The molecule has 2 atom stereocenters. The summed E-state index contributed by atoms with van der Waals surface area (Å²) in [5.41, 5.74) is 7.41. The van der Waals surface area contributed by atoms with E-state index in [0.29, 0.717) is 5.69 Å². The number of fused-ring (bicyclic) bond motifs is 1. The molecule has 0 amide bonds. The molecular formula is C14H20N2O. The van der Waals surface area contributed by atoms with Crippen LogP contribution in [0.1, 0.15) is 24.8 Å². The molecule has 3 heteroatoms. The largest absolute Gasteiger partial charge is 0.506 e. The summed E-state index contributed by atoms with van der Waals surface area (Å²) in [5, 5.41) is 9.40. The zero-order chi connectivity index (χ0) is 11.8. The van der Waals surface area contributed by atoms with Crippen molar-refractivity contribution in [3.8, 4) is 5.75 Å². The van der Waals surface area contributed by atoms with Crippen LogP contribution in [0.3, 0.4) is 0 Å². The van der Waals surface area contributed by atoms with Crippen LogP contribution in [0.25, 0.3) is 0 Å². The van der Waals surface area contributed by atoms with Crippen molar-refractivity contribution in [2.45, 2.75) is 25.8 Å². The number of phenols is 1. The highest BCUT2D eigenvalue weighted by molar-refractivity contribution is 5.53. The van der Waals surface area contributed by atoms with Crippen LogP contribution in [-0.2, 0) is 6.54 Å². The van der Waals surface area contributed by atoms with Crippen molar-refractivity contribution in [3.63, 3.8) is 0 Å². The Morgan fingerprint density at radius 3 is 2.59 bits per heavy atom. The quantitative estimate of drug-likeness (QED) is 0.607. The van der Waals surface area contributed by atoms with Gasteiger partial charge in [-0.3, -0.25) is 4.90 Å². The number of aromatic hydroxyl groups is 1. The van der Waals surface area contributed by atoms with Gasteiger partial charge in [-0.1, -0.05) is 12.5 Å². The molecule has 1 saturated heterocycles. The number of likely N-dealkylation sites (tertiary alicyclic amines) is 1. The third-order valence-corrected chi connectivity index (χ3v) is 4.30. The maximum absolute atomic E-state index is 9.40. The topological polar surface area (TPSA) is 49.5 Å². The average molecular weight is 232 g/mol. The summed E-state index contributed by atoms with van der Waals surface area (Å²) in [6.45, 7) is 3.45. The number of anilines is 1. The second kappa shape index (κ2) is 4.22. The van der Waals surface area contributed by atoms with Crippen molar-refractivity contribution in [2.24, 2.45) is 11.8 Å². The number of nitrogen functional groups attached to an aromatic ring is 1. The third-order valence-electron chi connectivity index (χ3n) is 4.30. The van der Waals surface area contributed by atoms with Gasteiger partial charge in [-0.2, -0.15) is 0 Å². The van der Waals surface area contributed by atoms with E-state index in [9.17, 15) is 5.11 Å². The number of nitrogens with zero attached hydrogens (tertiary/aromatic N) is 1. The highest BCUT2D eigenvalue weighted by Crippen LogP contribution is 2.38. The van der Waals surface area contributed by atoms with Gasteiger partial charge in [0.1, 0.15) is 5.75 Å². The molecule has 3 rings (SSSR count). The van der Waals surface area contributed by atoms with Crippen LogP contribution < -0.4 is 5.73 Å². The summed E-state index contributed by atoms with van der Waals surface area (Å²) in [7, 11) is 0. The first-order valence-electron chi connectivity index (χ1n) is 6.52. The second-order valence-corrected chi connectivity index (χ2v) is 5.54. The second-order valence-electron chi connectivity index (χ2n) is 5.54. The van der Waals surface area contributed by atoms with Crippen molar-refractivity contribution in [3.05, 3.63) is 23.8 Å². The van der Waals surface area contributed by atoms with E-state index in [0.717, 1.165) is 18.4 Å². The summed E-state index contributed by atoms with van der Waals surface area (Å²) in [6, 6.07) is 5.56. The van der Waals surface area contributed by atoms with Crippen molar-refractivity contribution in [1.82, 2.24) is 4.90 Å². The van der Waals surface area contributed by atoms with Gasteiger partial charge in [-0.25, -0.2) is 0 Å². The molecule has 2 unspecified atom stereocenters. The number of hydrogen-bond donors (Lipinski definition) is 2. The van der Waals surface area contributed by atoms with E-state index in [2.05, 4.69) is 4.90 Å². The van der Waals surface area contributed by atoms with Crippen LogP contribution >= 0.6 is 0 Å². The minimum absolute atomic E-state index is 0.187. The molecule has 2 aliphatic rings. The van der Waals surface area contributed by atoms with Crippen LogP contribution in [-0.4, -0.2) is 23.1 Å². The first-order valence-corrected chi connectivity index (χ1v) is 6.52. The van der Waals surface area contributed by atoms with E-state index in [-0.39, 0.29) is 5.75 Å². The lowest BCUT2D eigenvalue weighted by atomic mass is 10.0. The molecule has 1 aliphatic heterocycles. The van der Waals surface area contributed by atoms with Gasteiger partial charge in [-0.15, -0.1) is 0 Å². The fourth-order valence-corrected chi connectivity index (χ4v) is 3.42. The van der Waals surface area contributed by atoms with Crippen molar-refractivity contribution < 1.29 is 5.11 Å². The Kier molecular flexibility index (Phi) is 2.71. The Labute approximate surface area is 102 Å². The molecule has 92 valence electrons. The molecule has 0 spiro atoms. The molecular weight excluding hydrogens is 212 g/mol. The average Bonchev–Trinajstić information content (AvgIpc) is 2.84. The maximum Gasteiger partial charge on any atom is 0.138 e. The molecule has 0 aromatic heterocycles. The molecule has 17 heavy (non-hydrogen) atoms. The fourth-order valence-electron chi connectivity index (χ4n) is 3.42. The smallest absolute Gasteiger partial charge is 0.138 e. The van der Waals surface area contributed by atoms with Gasteiger partial charge in [-0.05, 0) is 42.4 Å². The maximum atomic E-state index is 9.40. The molecule has 3 nitrogen and oxygen atoms in total. The van der Waals surface area contributed by atoms with E-state index in [1.54, 1.807) is 6.07 Å². The van der Waals surface area contributed by atoms with E-state index >= 15 is 0 Å². The van der Waals surface area contributed by atoms with Crippen molar-refractivity contribution in [2.75, 3.05) is 18.8 Å². The zero-order valence-electron chi connectivity index (χ0n) is 10.1. The zero-order valence-corrected chi connectivity index (χ0v) is 10.1. The molecule has 1 aliphatic carbocycles. The van der Waals surface area contributed by atoms with Crippen LogP contribution in [0.2, 0.25) is 0 Å². The lowest BCUT2D eigenvalue weighted by Crippen LogP contribution is -2.21. The fraction of sp³-hybridized carbons (Fsp3) is 0.571. The molecule has 3 N–H and O–H groups in total. The Bertz CT molecular complexity index is 407. The van der Waals surface area contributed by atoms with Gasteiger partial charge in [0, 0.05) is 19.6 Å². The van der Waals surface area contributed by atoms with Gasteiger partial charge in [0.2, 0.25) is 0 Å². The minimum Gasteiger partial charge on any atom is -0.506 e. The number of nitrogens with two attached hydrogens (primary N) is 1. The number of rotatable bonds is 2. The summed E-state index contributed by atoms with van der Waals surface area (Å²) in [4.78, 5) is 2.53. The van der Waals surface area contributed by atoms with Crippen LogP contribution in [0.4, 0.5) is 5.69 Å². The van der Waals surface area contributed by atoms with Gasteiger partial charge >= 0.3 is 0 Å². The standard InChI is InChI=1S/C14H20N2O/c15-13-6-10(4-5-14(13)17)7-16-8-11-2-1-3-12(11)9-16/h4-6,11-12,17H,1-3,7-9,15H2. The molecule has 1 saturated carbocycles. The Morgan fingerprint density at radius 2 is 1.94 bits per heavy atom. The summed E-state index contributed by atoms with van der Waals surface area (Å²) in [6.07, 6.45) is 4.26. The van der Waals surface area contributed by atoms with E-state index < -0.39 is 0 Å². The molecule has 0 bridgehead atoms. The van der Waals surface area contributed by atoms with Gasteiger partial charge in [0.15, 0.2) is 0 Å². The Hall–Kier alpha value is -1.22. The monoisotopic (exact) mass is 232 g/mol.